The summed E-state index contributed by atoms with van der Waals surface area (Å²) in [6.07, 6.45) is 14.2. The van der Waals surface area contributed by atoms with Gasteiger partial charge in [-0.1, -0.05) is 82.6 Å². The molecule has 1 nitrogen and oxygen atoms in total. The lowest BCUT2D eigenvalue weighted by atomic mass is 10.0. The molecule has 0 atom stereocenters. The Balaban J connectivity index is 2.03. The molecule has 0 aliphatic heterocycles. The lowest BCUT2D eigenvalue weighted by molar-refractivity contribution is 0.112. The van der Waals surface area contributed by atoms with Crippen LogP contribution in [-0.4, -0.2) is 6.29 Å². The largest absolute Gasteiger partial charge is 0.298 e. The van der Waals surface area contributed by atoms with Gasteiger partial charge in [0, 0.05) is 5.56 Å². The van der Waals surface area contributed by atoms with E-state index in [0.29, 0.717) is 0 Å². The van der Waals surface area contributed by atoms with Gasteiger partial charge in [0.2, 0.25) is 0 Å². The number of hydrogen-bond acceptors (Lipinski definition) is 1. The summed E-state index contributed by atoms with van der Waals surface area (Å²) in [6.45, 7) is 2.26. The van der Waals surface area contributed by atoms with Gasteiger partial charge in [0.1, 0.15) is 6.29 Å². The van der Waals surface area contributed by atoms with Crippen molar-refractivity contribution in [3.63, 3.8) is 0 Å². The van der Waals surface area contributed by atoms with Gasteiger partial charge in [0.05, 0.1) is 0 Å². The maximum atomic E-state index is 10.9. The van der Waals surface area contributed by atoms with Crippen molar-refractivity contribution in [3.8, 4) is 0 Å². The Kier molecular flexibility index (Phi) is 9.05. The van der Waals surface area contributed by atoms with E-state index in [2.05, 4.69) is 13.0 Å². The predicted octanol–water partition coefficient (Wildman–Crippen LogP) is 5.57. The first-order valence-electron chi connectivity index (χ1n) is 7.91. The van der Waals surface area contributed by atoms with Gasteiger partial charge in [0.25, 0.3) is 0 Å². The van der Waals surface area contributed by atoms with E-state index in [1.54, 1.807) is 0 Å². The average molecular weight is 260 g/mol. The number of aryl methyl sites for hydroxylation is 1. The van der Waals surface area contributed by atoms with Crippen LogP contribution in [0.25, 0.3) is 0 Å². The summed E-state index contributed by atoms with van der Waals surface area (Å²) in [5.74, 6) is 0. The summed E-state index contributed by atoms with van der Waals surface area (Å²) in [5, 5.41) is 0. The van der Waals surface area contributed by atoms with Crippen molar-refractivity contribution < 1.29 is 4.79 Å². The Hall–Kier alpha value is -1.11. The zero-order chi connectivity index (χ0) is 13.8. The monoisotopic (exact) mass is 260 g/mol. The molecule has 0 saturated heterocycles. The van der Waals surface area contributed by atoms with E-state index in [4.69, 9.17) is 0 Å². The summed E-state index contributed by atoms with van der Waals surface area (Å²) >= 11 is 0. The molecule has 19 heavy (non-hydrogen) atoms. The van der Waals surface area contributed by atoms with Gasteiger partial charge in [-0.3, -0.25) is 4.79 Å². The SMILES string of the molecule is CCCCCCCCCCCc1ccccc1C=O. The molecule has 1 aromatic rings. The first kappa shape index (κ1) is 15.9. The Labute approximate surface area is 118 Å². The van der Waals surface area contributed by atoms with Gasteiger partial charge < -0.3 is 0 Å². The van der Waals surface area contributed by atoms with Crippen molar-refractivity contribution >= 4 is 6.29 Å². The van der Waals surface area contributed by atoms with Crippen LogP contribution in [0.2, 0.25) is 0 Å². The first-order chi connectivity index (χ1) is 9.38. The Bertz CT molecular complexity index is 343. The van der Waals surface area contributed by atoms with Crippen LogP contribution in [0.15, 0.2) is 24.3 Å². The fourth-order valence-corrected chi connectivity index (χ4v) is 2.50. The predicted molar refractivity (Wildman–Crippen MR) is 82.8 cm³/mol. The summed E-state index contributed by atoms with van der Waals surface area (Å²) in [4.78, 5) is 10.9. The lowest BCUT2D eigenvalue weighted by Gasteiger charge is -2.04. The molecule has 1 heteroatoms. The van der Waals surface area contributed by atoms with Crippen LogP contribution in [-0.2, 0) is 6.42 Å². The number of carbonyl (C=O) groups is 1. The molecule has 0 amide bonds. The van der Waals surface area contributed by atoms with Crippen LogP contribution in [0.1, 0.15) is 80.6 Å². The maximum absolute atomic E-state index is 10.9. The lowest BCUT2D eigenvalue weighted by Crippen LogP contribution is -1.92. The molecular formula is C18H28O. The number of carbonyl (C=O) groups excluding carboxylic acids is 1. The molecule has 0 fully saturated rings. The van der Waals surface area contributed by atoms with Gasteiger partial charge in [-0.05, 0) is 18.4 Å². The van der Waals surface area contributed by atoms with E-state index in [9.17, 15) is 4.79 Å². The number of benzene rings is 1. The van der Waals surface area contributed by atoms with Crippen LogP contribution in [0, 0.1) is 0 Å². The summed E-state index contributed by atoms with van der Waals surface area (Å²) in [5.41, 5.74) is 2.07. The molecule has 0 bridgehead atoms. The number of hydrogen-bond donors (Lipinski definition) is 0. The highest BCUT2D eigenvalue weighted by Crippen LogP contribution is 2.13. The van der Waals surface area contributed by atoms with Crippen molar-refractivity contribution in [2.75, 3.05) is 0 Å². The van der Waals surface area contributed by atoms with Crippen molar-refractivity contribution in [2.24, 2.45) is 0 Å². The minimum atomic E-state index is 0.863. The molecule has 0 aliphatic carbocycles. The normalized spacial score (nSPS) is 10.6. The van der Waals surface area contributed by atoms with E-state index in [0.717, 1.165) is 18.3 Å². The highest BCUT2D eigenvalue weighted by Gasteiger charge is 2.00. The molecule has 106 valence electrons. The van der Waals surface area contributed by atoms with Gasteiger partial charge >= 0.3 is 0 Å². The van der Waals surface area contributed by atoms with Crippen LogP contribution < -0.4 is 0 Å². The zero-order valence-corrected chi connectivity index (χ0v) is 12.4. The van der Waals surface area contributed by atoms with Crippen molar-refractivity contribution in [3.05, 3.63) is 35.4 Å². The topological polar surface area (TPSA) is 17.1 Å². The average Bonchev–Trinajstić information content (AvgIpc) is 2.46. The van der Waals surface area contributed by atoms with Crippen LogP contribution in [0.5, 0.6) is 0 Å². The molecule has 0 radical (unpaired) electrons. The van der Waals surface area contributed by atoms with Gasteiger partial charge in [0.15, 0.2) is 0 Å². The Morgan fingerprint density at radius 2 is 1.42 bits per heavy atom. The molecule has 0 aromatic heterocycles. The summed E-state index contributed by atoms with van der Waals surface area (Å²) in [6, 6.07) is 7.95. The molecule has 0 aliphatic rings. The van der Waals surface area contributed by atoms with Crippen molar-refractivity contribution in [1.82, 2.24) is 0 Å². The van der Waals surface area contributed by atoms with E-state index >= 15 is 0 Å². The third-order valence-electron chi connectivity index (χ3n) is 3.73. The number of rotatable bonds is 11. The first-order valence-corrected chi connectivity index (χ1v) is 7.91. The molecule has 0 heterocycles. The molecule has 1 rings (SSSR count). The van der Waals surface area contributed by atoms with E-state index in [-0.39, 0.29) is 0 Å². The van der Waals surface area contributed by atoms with E-state index in [1.165, 1.54) is 63.4 Å². The highest BCUT2D eigenvalue weighted by atomic mass is 16.1. The van der Waals surface area contributed by atoms with Crippen LogP contribution >= 0.6 is 0 Å². The van der Waals surface area contributed by atoms with Crippen molar-refractivity contribution in [1.29, 1.82) is 0 Å². The third kappa shape index (κ3) is 7.15. The summed E-state index contributed by atoms with van der Waals surface area (Å²) < 4.78 is 0. The molecule has 0 spiro atoms. The molecule has 0 N–H and O–H groups in total. The third-order valence-corrected chi connectivity index (χ3v) is 3.73. The van der Waals surface area contributed by atoms with Crippen LogP contribution in [0.4, 0.5) is 0 Å². The number of aldehydes is 1. The van der Waals surface area contributed by atoms with E-state index in [1.807, 2.05) is 18.2 Å². The Morgan fingerprint density at radius 3 is 2.05 bits per heavy atom. The second-order valence-electron chi connectivity index (χ2n) is 5.40. The van der Waals surface area contributed by atoms with Crippen LogP contribution in [0.3, 0.4) is 0 Å². The standard InChI is InChI=1S/C18H28O/c1-2-3-4-5-6-7-8-9-10-13-17-14-11-12-15-18(17)16-19/h11-12,14-16H,2-10,13H2,1H3. The molecule has 1 aromatic carbocycles. The molecular weight excluding hydrogens is 232 g/mol. The number of unbranched alkanes of at least 4 members (excludes halogenated alkanes) is 8. The fraction of sp³-hybridized carbons (Fsp3) is 0.611. The van der Waals surface area contributed by atoms with Gasteiger partial charge in [-0.15, -0.1) is 0 Å². The fourth-order valence-electron chi connectivity index (χ4n) is 2.50. The maximum Gasteiger partial charge on any atom is 0.150 e. The second-order valence-corrected chi connectivity index (χ2v) is 5.40. The zero-order valence-electron chi connectivity index (χ0n) is 12.4. The minimum Gasteiger partial charge on any atom is -0.298 e. The minimum absolute atomic E-state index is 0.863. The second kappa shape index (κ2) is 10.8. The van der Waals surface area contributed by atoms with Gasteiger partial charge in [-0.25, -0.2) is 0 Å². The quantitative estimate of drug-likeness (QED) is 0.375. The van der Waals surface area contributed by atoms with Gasteiger partial charge in [-0.2, -0.15) is 0 Å². The van der Waals surface area contributed by atoms with E-state index < -0.39 is 0 Å². The summed E-state index contributed by atoms with van der Waals surface area (Å²) in [7, 11) is 0. The highest BCUT2D eigenvalue weighted by molar-refractivity contribution is 5.77. The molecule has 0 unspecified atom stereocenters. The Morgan fingerprint density at radius 1 is 0.842 bits per heavy atom. The smallest absolute Gasteiger partial charge is 0.150 e. The molecule has 0 saturated carbocycles. The van der Waals surface area contributed by atoms with Crippen molar-refractivity contribution in [2.45, 2.75) is 71.1 Å².